The Morgan fingerprint density at radius 2 is 1.90 bits per heavy atom. The van der Waals surface area contributed by atoms with Crippen molar-refractivity contribution in [3.05, 3.63) is 76.8 Å². The smallest absolute Gasteiger partial charge is 0.251 e. The molecule has 4 heteroatoms. The number of nitrogens with one attached hydrogen (secondary N) is 1. The van der Waals surface area contributed by atoms with Gasteiger partial charge in [0.2, 0.25) is 0 Å². The highest BCUT2D eigenvalue weighted by Gasteiger charge is 2.06. The molecule has 0 saturated heterocycles. The molecular weight excluding hydrogens is 330 g/mol. The van der Waals surface area contributed by atoms with Crippen molar-refractivity contribution in [1.29, 1.82) is 0 Å². The summed E-state index contributed by atoms with van der Waals surface area (Å²) in [5.41, 5.74) is 1.65. The van der Waals surface area contributed by atoms with E-state index in [4.69, 9.17) is 4.74 Å². The highest BCUT2D eigenvalue weighted by molar-refractivity contribution is 9.11. The highest BCUT2D eigenvalue weighted by atomic mass is 79.9. The molecule has 21 heavy (non-hydrogen) atoms. The number of amides is 1. The number of hydrogen-bond acceptors (Lipinski definition) is 2. The van der Waals surface area contributed by atoms with Crippen LogP contribution >= 0.6 is 15.9 Å². The molecule has 0 unspecified atom stereocenters. The average molecular weight is 346 g/mol. The van der Waals surface area contributed by atoms with Crippen molar-refractivity contribution in [3.8, 4) is 5.75 Å². The molecule has 1 N–H and O–H groups in total. The number of carbonyl (C=O) groups is 1. The molecule has 0 aliphatic carbocycles. The lowest BCUT2D eigenvalue weighted by Crippen LogP contribution is -2.24. The predicted octanol–water partition coefficient (Wildman–Crippen LogP) is 3.90. The van der Waals surface area contributed by atoms with Crippen molar-refractivity contribution >= 4 is 21.8 Å². The molecule has 1 amide bonds. The van der Waals surface area contributed by atoms with Crippen LogP contribution in [0.4, 0.5) is 0 Å². The molecule has 0 fully saturated rings. The zero-order valence-electron chi connectivity index (χ0n) is 11.5. The molecule has 3 nitrogen and oxygen atoms in total. The second-order valence-corrected chi connectivity index (χ2v) is 5.62. The van der Waals surface area contributed by atoms with Crippen LogP contribution in [0.2, 0.25) is 0 Å². The summed E-state index contributed by atoms with van der Waals surface area (Å²) in [7, 11) is 0. The first kappa shape index (κ1) is 15.3. The third kappa shape index (κ3) is 5.08. The van der Waals surface area contributed by atoms with Gasteiger partial charge in [0.1, 0.15) is 12.4 Å². The molecule has 2 aromatic rings. The van der Waals surface area contributed by atoms with Gasteiger partial charge in [-0.05, 0) is 23.8 Å². The Kier molecular flexibility index (Phi) is 5.58. The van der Waals surface area contributed by atoms with Gasteiger partial charge in [-0.15, -0.1) is 0 Å². The number of carbonyl (C=O) groups excluding carboxylic acids is 1. The minimum Gasteiger partial charge on any atom is -0.489 e. The third-order valence-corrected chi connectivity index (χ3v) is 3.07. The molecule has 0 heterocycles. The Balaban J connectivity index is 1.97. The molecule has 2 aromatic carbocycles. The molecule has 0 aliphatic rings. The molecule has 0 spiro atoms. The zero-order valence-corrected chi connectivity index (χ0v) is 13.1. The molecule has 0 saturated carbocycles. The minimum absolute atomic E-state index is 0.152. The standard InChI is InChI=1S/C17H16BrNO2/c1-13(18)11-19-17(20)15-8-5-9-16(10-15)21-12-14-6-3-2-4-7-14/h2-10H,1,11-12H2,(H,19,20). The van der Waals surface area contributed by atoms with Crippen LogP contribution in [0.3, 0.4) is 0 Å². The normalized spacial score (nSPS) is 9.95. The van der Waals surface area contributed by atoms with Gasteiger partial charge in [-0.1, -0.05) is 58.9 Å². The number of halogens is 1. The first-order valence-corrected chi connectivity index (χ1v) is 7.33. The van der Waals surface area contributed by atoms with E-state index in [9.17, 15) is 4.79 Å². The van der Waals surface area contributed by atoms with Gasteiger partial charge < -0.3 is 10.1 Å². The van der Waals surface area contributed by atoms with Crippen LogP contribution in [-0.2, 0) is 6.61 Å². The summed E-state index contributed by atoms with van der Waals surface area (Å²) in [6.07, 6.45) is 0. The fourth-order valence-electron chi connectivity index (χ4n) is 1.75. The van der Waals surface area contributed by atoms with Crippen molar-refractivity contribution in [3.63, 3.8) is 0 Å². The summed E-state index contributed by atoms with van der Waals surface area (Å²) >= 11 is 3.21. The highest BCUT2D eigenvalue weighted by Crippen LogP contribution is 2.15. The SMILES string of the molecule is C=C(Br)CNC(=O)c1cccc(OCc2ccccc2)c1. The van der Waals surface area contributed by atoms with Crippen molar-refractivity contribution < 1.29 is 9.53 Å². The molecule has 0 aliphatic heterocycles. The van der Waals surface area contributed by atoms with E-state index in [1.807, 2.05) is 36.4 Å². The van der Waals surface area contributed by atoms with E-state index < -0.39 is 0 Å². The third-order valence-electron chi connectivity index (χ3n) is 2.79. The lowest BCUT2D eigenvalue weighted by Gasteiger charge is -2.08. The number of rotatable bonds is 6. The number of ether oxygens (including phenoxy) is 1. The van der Waals surface area contributed by atoms with Gasteiger partial charge in [-0.3, -0.25) is 4.79 Å². The topological polar surface area (TPSA) is 38.3 Å². The lowest BCUT2D eigenvalue weighted by atomic mass is 10.2. The average Bonchev–Trinajstić information content (AvgIpc) is 2.52. The van der Waals surface area contributed by atoms with E-state index in [2.05, 4.69) is 27.8 Å². The van der Waals surface area contributed by atoms with Crippen molar-refractivity contribution in [2.75, 3.05) is 6.54 Å². The van der Waals surface area contributed by atoms with Gasteiger partial charge in [0, 0.05) is 16.6 Å². The number of benzene rings is 2. The summed E-state index contributed by atoms with van der Waals surface area (Å²) in [4.78, 5) is 11.9. The zero-order chi connectivity index (χ0) is 15.1. The summed E-state index contributed by atoms with van der Waals surface area (Å²) in [5.74, 6) is 0.518. The minimum atomic E-state index is -0.152. The van der Waals surface area contributed by atoms with E-state index >= 15 is 0 Å². The summed E-state index contributed by atoms with van der Waals surface area (Å²) in [5, 5.41) is 2.76. The number of hydrogen-bond donors (Lipinski definition) is 1. The van der Waals surface area contributed by atoms with Gasteiger partial charge in [-0.2, -0.15) is 0 Å². The fourth-order valence-corrected chi connectivity index (χ4v) is 1.89. The van der Waals surface area contributed by atoms with Crippen molar-refractivity contribution in [2.45, 2.75) is 6.61 Å². The second kappa shape index (κ2) is 7.64. The Morgan fingerprint density at radius 3 is 2.62 bits per heavy atom. The summed E-state index contributed by atoms with van der Waals surface area (Å²) in [6, 6.07) is 17.0. The van der Waals surface area contributed by atoms with E-state index in [0.717, 1.165) is 10.0 Å². The summed E-state index contributed by atoms with van der Waals surface area (Å²) < 4.78 is 6.43. The van der Waals surface area contributed by atoms with Gasteiger partial charge in [0.15, 0.2) is 0 Å². The molecule has 0 radical (unpaired) electrons. The molecule has 108 valence electrons. The van der Waals surface area contributed by atoms with Crippen LogP contribution in [0.5, 0.6) is 5.75 Å². The van der Waals surface area contributed by atoms with E-state index in [0.29, 0.717) is 24.5 Å². The largest absolute Gasteiger partial charge is 0.489 e. The van der Waals surface area contributed by atoms with E-state index in [-0.39, 0.29) is 5.91 Å². The molecule has 2 rings (SSSR count). The Labute approximate surface area is 132 Å². The van der Waals surface area contributed by atoms with E-state index in [1.54, 1.807) is 18.2 Å². The summed E-state index contributed by atoms with van der Waals surface area (Å²) in [6.45, 7) is 4.55. The van der Waals surface area contributed by atoms with Crippen LogP contribution in [0, 0.1) is 0 Å². The van der Waals surface area contributed by atoms with Crippen LogP contribution < -0.4 is 10.1 Å². The fraction of sp³-hybridized carbons (Fsp3) is 0.118. The van der Waals surface area contributed by atoms with Gasteiger partial charge >= 0.3 is 0 Å². The monoisotopic (exact) mass is 345 g/mol. The van der Waals surface area contributed by atoms with Crippen LogP contribution in [0.15, 0.2) is 65.7 Å². The second-order valence-electron chi connectivity index (χ2n) is 4.50. The van der Waals surface area contributed by atoms with Crippen molar-refractivity contribution in [2.24, 2.45) is 0 Å². The van der Waals surface area contributed by atoms with Gasteiger partial charge in [-0.25, -0.2) is 0 Å². The van der Waals surface area contributed by atoms with Crippen molar-refractivity contribution in [1.82, 2.24) is 5.32 Å². The quantitative estimate of drug-likeness (QED) is 0.861. The van der Waals surface area contributed by atoms with E-state index in [1.165, 1.54) is 0 Å². The van der Waals surface area contributed by atoms with Crippen LogP contribution in [0.1, 0.15) is 15.9 Å². The van der Waals surface area contributed by atoms with Gasteiger partial charge in [0.25, 0.3) is 5.91 Å². The first-order valence-electron chi connectivity index (χ1n) is 6.53. The Bertz CT molecular complexity index is 626. The molecule has 0 bridgehead atoms. The predicted molar refractivity (Wildman–Crippen MR) is 87.6 cm³/mol. The maximum absolute atomic E-state index is 11.9. The molecule has 0 atom stereocenters. The van der Waals surface area contributed by atoms with Crippen LogP contribution in [0.25, 0.3) is 0 Å². The Morgan fingerprint density at radius 1 is 1.14 bits per heavy atom. The first-order chi connectivity index (χ1) is 10.1. The Hall–Kier alpha value is -2.07. The van der Waals surface area contributed by atoms with Crippen LogP contribution in [-0.4, -0.2) is 12.5 Å². The maximum atomic E-state index is 11.9. The molecular formula is C17H16BrNO2. The van der Waals surface area contributed by atoms with Gasteiger partial charge in [0.05, 0.1) is 0 Å². The maximum Gasteiger partial charge on any atom is 0.251 e. The lowest BCUT2D eigenvalue weighted by molar-refractivity contribution is 0.0957. The molecule has 0 aromatic heterocycles.